The number of piperidine rings is 3. The standard InChI is InChI=1S/C51H50Cl2F2N4O9S/c52-41-26-58(64)27-42(53)39(41)25-40(35-14-15-43(67-49(54)55)44(24-35)66-29-31-12-13-31)51(48(61)62)59(20-21-69-51)47(60)37-10-4-6-32(22-37)30-65-38-11-5-9-36(23-38)46(34-7-2-1-3-8-34)56-50(63)68-45-28-57-18-16-33(45)17-19-57/h1-11,14-15,22-24,26-27,31,33,40,45-46,49H,12-13,16-21,25,28-30H2,(H,56,63)(H,61,62)/t40-,45-,46?,51-/m0/s1. The Morgan fingerprint density at radius 2 is 1.59 bits per heavy atom. The maximum atomic E-state index is 14.8. The molecule has 0 spiro atoms. The van der Waals surface area contributed by atoms with Crippen LogP contribution >= 0.6 is 35.0 Å². The van der Waals surface area contributed by atoms with E-state index in [1.165, 1.54) is 23.1 Å². The van der Waals surface area contributed by atoms with Crippen molar-refractivity contribution in [2.45, 2.75) is 68.3 Å². The van der Waals surface area contributed by atoms with E-state index in [1.807, 2.05) is 48.5 Å². The molecule has 69 heavy (non-hydrogen) atoms. The normalized spacial score (nSPS) is 21.6. The summed E-state index contributed by atoms with van der Waals surface area (Å²) in [5.41, 5.74) is 3.02. The third-order valence-corrected chi connectivity index (χ3v) is 15.5. The van der Waals surface area contributed by atoms with Gasteiger partial charge in [-0.25, -0.2) is 9.59 Å². The summed E-state index contributed by atoms with van der Waals surface area (Å²) in [6, 6.07) is 27.4. The molecule has 5 fully saturated rings. The van der Waals surface area contributed by atoms with Crippen molar-refractivity contribution in [3.63, 3.8) is 0 Å². The van der Waals surface area contributed by atoms with E-state index in [9.17, 15) is 33.5 Å². The first-order valence-corrected chi connectivity index (χ1v) is 24.6. The fourth-order valence-corrected chi connectivity index (χ4v) is 11.7. The molecule has 4 atom stereocenters. The number of hydrogen-bond donors (Lipinski definition) is 2. The molecule has 1 saturated carbocycles. The Balaban J connectivity index is 0.971. The summed E-state index contributed by atoms with van der Waals surface area (Å²) in [6.07, 6.45) is 5.23. The minimum atomic E-state index is -3.16. The molecule has 18 heteroatoms. The number of benzene rings is 4. The van der Waals surface area contributed by atoms with Crippen molar-refractivity contribution in [1.29, 1.82) is 0 Å². The number of carboxylic acid groups (broad SMARTS) is 1. The fraction of sp³-hybridized carbons (Fsp3) is 0.373. The second-order valence-electron chi connectivity index (χ2n) is 17.8. The van der Waals surface area contributed by atoms with Gasteiger partial charge in [0.2, 0.25) is 0 Å². The molecular formula is C51H50Cl2F2N4O9S. The van der Waals surface area contributed by atoms with Gasteiger partial charge in [-0.05, 0) is 116 Å². The van der Waals surface area contributed by atoms with Crippen molar-refractivity contribution >= 4 is 52.9 Å². The number of carbonyl (C=O) groups is 3. The van der Waals surface area contributed by atoms with E-state index in [1.54, 1.807) is 30.3 Å². The van der Waals surface area contributed by atoms with Crippen molar-refractivity contribution in [2.24, 2.45) is 11.8 Å². The van der Waals surface area contributed by atoms with E-state index >= 15 is 0 Å². The van der Waals surface area contributed by atoms with E-state index in [0.29, 0.717) is 27.5 Å². The number of aromatic nitrogens is 1. The van der Waals surface area contributed by atoms with Crippen LogP contribution in [0.3, 0.4) is 0 Å². The number of carbonyl (C=O) groups excluding carboxylic acids is 2. The number of pyridine rings is 1. The van der Waals surface area contributed by atoms with E-state index < -0.39 is 41.4 Å². The first-order valence-electron chi connectivity index (χ1n) is 22.9. The van der Waals surface area contributed by atoms with E-state index in [-0.39, 0.29) is 76.6 Å². The van der Waals surface area contributed by atoms with E-state index in [4.69, 9.17) is 42.1 Å². The number of fused-ring (bicyclic) bond motifs is 3. The lowest BCUT2D eigenvalue weighted by atomic mass is 9.83. The third kappa shape index (κ3) is 11.0. The first kappa shape index (κ1) is 48.2. The molecule has 13 nitrogen and oxygen atoms in total. The SMILES string of the molecule is O=C(NC(c1ccccc1)c1cccc(OCc2cccc(C(=O)N3CCS[C@]3(C(=O)O)[C@@H](Cc3c(Cl)c[n+]([O-])cc3Cl)c3ccc(OC(F)F)c(OCC4CC4)c3)c2)c1)O[C@H]1CN2CCC1CC2. The highest BCUT2D eigenvalue weighted by Crippen LogP contribution is 2.51. The molecule has 2 bridgehead atoms. The summed E-state index contributed by atoms with van der Waals surface area (Å²) < 4.78 is 50.7. The molecule has 5 aliphatic rings. The quantitative estimate of drug-likeness (QED) is 0.0638. The molecule has 4 saturated heterocycles. The van der Waals surface area contributed by atoms with Crippen LogP contribution in [-0.4, -0.2) is 89.0 Å². The number of alkyl carbamates (subject to hydrolysis) is 1. The van der Waals surface area contributed by atoms with Gasteiger partial charge in [-0.2, -0.15) is 13.5 Å². The third-order valence-electron chi connectivity index (χ3n) is 13.3. The molecular weight excluding hydrogens is 954 g/mol. The predicted molar refractivity (Wildman–Crippen MR) is 255 cm³/mol. The number of nitrogens with one attached hydrogen (secondary N) is 1. The highest BCUT2D eigenvalue weighted by atomic mass is 35.5. The van der Waals surface area contributed by atoms with Crippen molar-refractivity contribution in [3.8, 4) is 17.2 Å². The monoisotopic (exact) mass is 1000 g/mol. The Morgan fingerprint density at radius 1 is 0.855 bits per heavy atom. The zero-order valence-electron chi connectivity index (χ0n) is 37.3. The lowest BCUT2D eigenvalue weighted by molar-refractivity contribution is -0.605. The Morgan fingerprint density at radius 3 is 2.29 bits per heavy atom. The van der Waals surface area contributed by atoms with Crippen molar-refractivity contribution in [3.05, 3.63) is 158 Å². The van der Waals surface area contributed by atoms with Crippen LogP contribution in [0.1, 0.15) is 75.8 Å². The van der Waals surface area contributed by atoms with Gasteiger partial charge in [-0.15, -0.1) is 11.8 Å². The number of ether oxygens (including phenoxy) is 4. The zero-order valence-corrected chi connectivity index (χ0v) is 39.6. The highest BCUT2D eigenvalue weighted by molar-refractivity contribution is 8.01. The molecule has 1 aromatic heterocycles. The summed E-state index contributed by atoms with van der Waals surface area (Å²) in [6.45, 7) is -0.0386. The average Bonchev–Trinajstić information content (AvgIpc) is 4.07. The molecule has 362 valence electrons. The van der Waals surface area contributed by atoms with Gasteiger partial charge < -0.3 is 39.5 Å². The Kier molecular flexibility index (Phi) is 14.7. The summed E-state index contributed by atoms with van der Waals surface area (Å²) in [4.78, 5) is 43.8. The Labute approximate surface area is 412 Å². The van der Waals surface area contributed by atoms with Gasteiger partial charge in [0.15, 0.2) is 28.8 Å². The number of thioether (sulfide) groups is 1. The Hall–Kier alpha value is -5.81. The molecule has 2 amide bonds. The van der Waals surface area contributed by atoms with Gasteiger partial charge in [0, 0.05) is 35.9 Å². The van der Waals surface area contributed by atoms with Gasteiger partial charge >= 0.3 is 18.7 Å². The number of amides is 2. The molecule has 2 N–H and O–H groups in total. The first-order chi connectivity index (χ1) is 33.3. The summed E-state index contributed by atoms with van der Waals surface area (Å²) >= 11 is 14.2. The number of alkyl halides is 2. The average molecular weight is 1000 g/mol. The van der Waals surface area contributed by atoms with Gasteiger partial charge in [-0.3, -0.25) is 9.69 Å². The number of halogens is 4. The van der Waals surface area contributed by atoms with E-state index in [2.05, 4.69) is 10.2 Å². The zero-order chi connectivity index (χ0) is 48.2. The second kappa shape index (κ2) is 21.0. The molecule has 0 radical (unpaired) electrons. The molecule has 10 rings (SSSR count). The summed E-state index contributed by atoms with van der Waals surface area (Å²) in [7, 11) is 0. The Bertz CT molecular complexity index is 2650. The van der Waals surface area contributed by atoms with Crippen LogP contribution in [0.4, 0.5) is 13.6 Å². The van der Waals surface area contributed by atoms with Crippen LogP contribution in [0.15, 0.2) is 109 Å². The van der Waals surface area contributed by atoms with Gasteiger partial charge in [0.05, 0.1) is 12.6 Å². The molecule has 5 heterocycles. The van der Waals surface area contributed by atoms with Crippen molar-refractivity contribution in [1.82, 2.24) is 15.1 Å². The maximum Gasteiger partial charge on any atom is 0.408 e. The maximum absolute atomic E-state index is 14.8. The van der Waals surface area contributed by atoms with Gasteiger partial charge in [-0.1, -0.05) is 83.9 Å². The number of hydrogen-bond acceptors (Lipinski definition) is 10. The minimum absolute atomic E-state index is 0.0129. The number of aliphatic carboxylic acids is 1. The summed E-state index contributed by atoms with van der Waals surface area (Å²) in [5.74, 6) is -1.95. The number of nitrogens with zero attached hydrogens (tertiary/aromatic N) is 3. The van der Waals surface area contributed by atoms with Crippen molar-refractivity contribution in [2.75, 3.05) is 38.5 Å². The van der Waals surface area contributed by atoms with Crippen LogP contribution in [0.2, 0.25) is 10.0 Å². The van der Waals surface area contributed by atoms with Gasteiger partial charge in [0.25, 0.3) is 5.91 Å². The van der Waals surface area contributed by atoms with Crippen LogP contribution < -0.4 is 24.3 Å². The lowest BCUT2D eigenvalue weighted by Crippen LogP contribution is -2.55. The van der Waals surface area contributed by atoms with E-state index in [0.717, 1.165) is 80.6 Å². The molecule has 5 aromatic rings. The van der Waals surface area contributed by atoms with Crippen LogP contribution in [0.25, 0.3) is 0 Å². The number of rotatable bonds is 18. The second-order valence-corrected chi connectivity index (χ2v) is 20.0. The predicted octanol–water partition coefficient (Wildman–Crippen LogP) is 9.50. The fourth-order valence-electron chi connectivity index (χ4n) is 9.59. The largest absolute Gasteiger partial charge is 0.619 e. The van der Waals surface area contributed by atoms with Gasteiger partial charge in [0.1, 0.15) is 28.5 Å². The minimum Gasteiger partial charge on any atom is -0.619 e. The molecule has 4 aliphatic heterocycles. The van der Waals surface area contributed by atoms with Crippen molar-refractivity contribution < 1.29 is 51.9 Å². The molecule has 1 unspecified atom stereocenters. The lowest BCUT2D eigenvalue weighted by Gasteiger charge is -2.43. The highest BCUT2D eigenvalue weighted by Gasteiger charge is 2.57. The number of carboxylic acids is 1. The topological polar surface area (TPSA) is 154 Å². The molecule has 1 aliphatic carbocycles. The van der Waals surface area contributed by atoms with Crippen LogP contribution in [0.5, 0.6) is 17.2 Å². The van der Waals surface area contributed by atoms with Crippen LogP contribution in [-0.2, 0) is 22.6 Å². The smallest absolute Gasteiger partial charge is 0.408 e. The van der Waals surface area contributed by atoms with Crippen LogP contribution in [0, 0.1) is 17.0 Å². The summed E-state index contributed by atoms with van der Waals surface area (Å²) in [5, 5.41) is 26.7. The molecule has 4 aromatic carbocycles.